The van der Waals surface area contributed by atoms with E-state index in [1.54, 1.807) is 12.1 Å². The largest absolute Gasteiger partial charge is 0.471 e. The summed E-state index contributed by atoms with van der Waals surface area (Å²) in [5.74, 6) is 0.161. The Morgan fingerprint density at radius 1 is 1.04 bits per heavy atom. The van der Waals surface area contributed by atoms with E-state index in [1.165, 1.54) is 0 Å². The number of terminal acetylenes is 1. The lowest BCUT2D eigenvalue weighted by Crippen LogP contribution is -2.43. The predicted molar refractivity (Wildman–Crippen MR) is 90.8 cm³/mol. The molecule has 3 rings (SSSR count). The van der Waals surface area contributed by atoms with E-state index in [0.29, 0.717) is 6.42 Å². The molecule has 0 fully saturated rings. The van der Waals surface area contributed by atoms with Crippen LogP contribution in [0.3, 0.4) is 0 Å². The minimum atomic E-state index is -4.85. The molecule has 0 N–H and O–H groups in total. The minimum Gasteiger partial charge on any atom is -0.333 e. The van der Waals surface area contributed by atoms with Crippen molar-refractivity contribution >= 4 is 5.91 Å². The van der Waals surface area contributed by atoms with E-state index in [-0.39, 0.29) is 13.1 Å². The van der Waals surface area contributed by atoms with Gasteiger partial charge in [-0.05, 0) is 17.5 Å². The summed E-state index contributed by atoms with van der Waals surface area (Å²) in [4.78, 5) is 12.1. The van der Waals surface area contributed by atoms with Gasteiger partial charge in [-0.25, -0.2) is 0 Å². The molecule has 1 aliphatic rings. The Morgan fingerprint density at radius 3 is 2.12 bits per heavy atom. The van der Waals surface area contributed by atoms with Crippen LogP contribution in [0.2, 0.25) is 0 Å². The fraction of sp³-hybridized carbons (Fsp3) is 0.250. The first kappa shape index (κ1) is 18.6. The molecule has 2 aromatic carbocycles. The van der Waals surface area contributed by atoms with Crippen LogP contribution in [0, 0.1) is 12.3 Å². The van der Waals surface area contributed by atoms with Crippen molar-refractivity contribution in [1.29, 1.82) is 0 Å². The molecule has 0 saturated carbocycles. The molecule has 1 heterocycles. The van der Waals surface area contributed by atoms with Crippen LogP contribution < -0.4 is 0 Å². The van der Waals surface area contributed by atoms with Gasteiger partial charge in [0.1, 0.15) is 0 Å². The molecule has 130 valence electrons. The Kier molecular flexibility index (Phi) is 6.24. The van der Waals surface area contributed by atoms with Crippen molar-refractivity contribution in [3.8, 4) is 12.3 Å². The summed E-state index contributed by atoms with van der Waals surface area (Å²) in [7, 11) is 0. The number of fused-ring (bicyclic) bond motifs is 1. The first-order valence-corrected chi connectivity index (χ1v) is 7.83. The average molecular weight is 345 g/mol. The van der Waals surface area contributed by atoms with Crippen molar-refractivity contribution in [1.82, 2.24) is 4.90 Å². The maximum Gasteiger partial charge on any atom is 0.471 e. The highest BCUT2D eigenvalue weighted by atomic mass is 19.4. The molecule has 0 aromatic heterocycles. The van der Waals surface area contributed by atoms with Crippen LogP contribution in [-0.2, 0) is 11.2 Å². The lowest BCUT2D eigenvalue weighted by molar-refractivity contribution is -0.185. The van der Waals surface area contributed by atoms with Crippen LogP contribution in [0.15, 0.2) is 60.7 Å². The highest BCUT2D eigenvalue weighted by Crippen LogP contribution is 2.27. The second-order valence-corrected chi connectivity index (χ2v) is 5.57. The van der Waals surface area contributed by atoms with Crippen molar-refractivity contribution < 1.29 is 18.0 Å². The van der Waals surface area contributed by atoms with Crippen molar-refractivity contribution in [3.05, 3.63) is 71.8 Å². The Bertz CT molecular complexity index is 708. The van der Waals surface area contributed by atoms with E-state index in [0.717, 1.165) is 16.0 Å². The van der Waals surface area contributed by atoms with E-state index in [2.05, 4.69) is 5.92 Å². The van der Waals surface area contributed by atoms with E-state index in [4.69, 9.17) is 6.42 Å². The molecule has 1 unspecified atom stereocenters. The number of rotatable bonds is 0. The predicted octanol–water partition coefficient (Wildman–Crippen LogP) is 4.04. The quantitative estimate of drug-likeness (QED) is 0.660. The molecule has 1 atom stereocenters. The third kappa shape index (κ3) is 5.12. The topological polar surface area (TPSA) is 20.3 Å². The zero-order valence-corrected chi connectivity index (χ0v) is 13.5. The van der Waals surface area contributed by atoms with Gasteiger partial charge in [0, 0.05) is 13.1 Å². The fourth-order valence-corrected chi connectivity index (χ4v) is 2.66. The molecular formula is C20H18F3NO. The Labute approximate surface area is 145 Å². The first-order chi connectivity index (χ1) is 11.9. The number of amides is 1. The summed E-state index contributed by atoms with van der Waals surface area (Å²) in [6.07, 6.45) is 0.923. The number of carbonyl (C=O) groups is 1. The van der Waals surface area contributed by atoms with Gasteiger partial charge in [0.15, 0.2) is 0 Å². The molecule has 5 heteroatoms. The van der Waals surface area contributed by atoms with Gasteiger partial charge < -0.3 is 4.90 Å². The van der Waals surface area contributed by atoms with Crippen LogP contribution >= 0.6 is 0 Å². The molecule has 25 heavy (non-hydrogen) atoms. The molecule has 0 radical (unpaired) electrons. The van der Waals surface area contributed by atoms with E-state index in [9.17, 15) is 18.0 Å². The molecule has 1 aliphatic heterocycles. The summed E-state index contributed by atoms with van der Waals surface area (Å²) < 4.78 is 37.5. The Balaban J connectivity index is 0.000000316. The summed E-state index contributed by atoms with van der Waals surface area (Å²) in [6, 6.07) is 19.3. The van der Waals surface area contributed by atoms with Gasteiger partial charge in [0.2, 0.25) is 0 Å². The standard InChI is InChI=1S/C14H12F3NO.C6H6/c1-2-10-9-18(13(19)14(15,16)17)8-7-11-5-3-4-6-12(10)11;1-2-4-6-5-3-1/h1,3-6,10H,7-9H2;1-6H. The van der Waals surface area contributed by atoms with Crippen molar-refractivity contribution in [2.24, 2.45) is 0 Å². The number of hydrogen-bond donors (Lipinski definition) is 0. The maximum absolute atomic E-state index is 12.5. The number of benzene rings is 2. The molecule has 0 saturated heterocycles. The molecule has 1 amide bonds. The van der Waals surface area contributed by atoms with Gasteiger partial charge >= 0.3 is 12.1 Å². The van der Waals surface area contributed by atoms with Crippen LogP contribution in [0.1, 0.15) is 17.0 Å². The van der Waals surface area contributed by atoms with Crippen molar-refractivity contribution in [2.45, 2.75) is 18.5 Å². The third-order valence-electron chi connectivity index (χ3n) is 3.88. The molecule has 0 spiro atoms. The number of halogens is 3. The fourth-order valence-electron chi connectivity index (χ4n) is 2.66. The summed E-state index contributed by atoms with van der Waals surface area (Å²) in [5, 5.41) is 0. The van der Waals surface area contributed by atoms with E-state index in [1.807, 2.05) is 48.5 Å². The zero-order chi connectivity index (χ0) is 18.3. The minimum absolute atomic E-state index is 0.0353. The molecule has 2 nitrogen and oxygen atoms in total. The highest BCUT2D eigenvalue weighted by molar-refractivity contribution is 5.82. The summed E-state index contributed by atoms with van der Waals surface area (Å²) in [6.45, 7) is -0.0562. The molecular weight excluding hydrogens is 327 g/mol. The van der Waals surface area contributed by atoms with E-state index < -0.39 is 18.0 Å². The van der Waals surface area contributed by atoms with Crippen LogP contribution in [0.5, 0.6) is 0 Å². The zero-order valence-electron chi connectivity index (χ0n) is 13.5. The van der Waals surface area contributed by atoms with Gasteiger partial charge in [0.25, 0.3) is 0 Å². The number of hydrogen-bond acceptors (Lipinski definition) is 1. The average Bonchev–Trinajstić information content (AvgIpc) is 2.82. The molecule has 2 aromatic rings. The molecule has 0 bridgehead atoms. The number of alkyl halides is 3. The van der Waals surface area contributed by atoms with Gasteiger partial charge in [-0.3, -0.25) is 4.79 Å². The molecule has 0 aliphatic carbocycles. The van der Waals surface area contributed by atoms with Crippen LogP contribution in [-0.4, -0.2) is 30.1 Å². The third-order valence-corrected chi connectivity index (χ3v) is 3.88. The van der Waals surface area contributed by atoms with Gasteiger partial charge in [-0.15, -0.1) is 6.42 Å². The summed E-state index contributed by atoms with van der Waals surface area (Å²) in [5.41, 5.74) is 1.74. The lowest BCUT2D eigenvalue weighted by Gasteiger charge is -2.23. The summed E-state index contributed by atoms with van der Waals surface area (Å²) >= 11 is 0. The maximum atomic E-state index is 12.5. The normalized spacial score (nSPS) is 16.6. The lowest BCUT2D eigenvalue weighted by atomic mass is 9.95. The monoisotopic (exact) mass is 345 g/mol. The second kappa shape index (κ2) is 8.39. The SMILES string of the molecule is C#CC1CN(C(=O)C(F)(F)F)CCc2ccccc21.c1ccccc1. The smallest absolute Gasteiger partial charge is 0.333 e. The Hall–Kier alpha value is -2.74. The van der Waals surface area contributed by atoms with Crippen molar-refractivity contribution in [2.75, 3.05) is 13.1 Å². The van der Waals surface area contributed by atoms with Crippen LogP contribution in [0.25, 0.3) is 0 Å². The van der Waals surface area contributed by atoms with Gasteiger partial charge in [-0.1, -0.05) is 66.6 Å². The van der Waals surface area contributed by atoms with Gasteiger partial charge in [-0.2, -0.15) is 13.2 Å². The highest BCUT2D eigenvalue weighted by Gasteiger charge is 2.43. The van der Waals surface area contributed by atoms with Crippen molar-refractivity contribution in [3.63, 3.8) is 0 Å². The number of carbonyl (C=O) groups excluding carboxylic acids is 1. The van der Waals surface area contributed by atoms with E-state index >= 15 is 0 Å². The second-order valence-electron chi connectivity index (χ2n) is 5.57. The van der Waals surface area contributed by atoms with Gasteiger partial charge in [0.05, 0.1) is 5.92 Å². The number of nitrogens with zero attached hydrogens (tertiary/aromatic N) is 1. The first-order valence-electron chi connectivity index (χ1n) is 7.83. The van der Waals surface area contributed by atoms with Crippen LogP contribution in [0.4, 0.5) is 13.2 Å². The Morgan fingerprint density at radius 2 is 1.60 bits per heavy atom.